The number of unbranched alkanes of at least 4 members (excludes halogenated alkanes) is 1. The molecule has 42 heavy (non-hydrogen) atoms. The van der Waals surface area contributed by atoms with Gasteiger partial charge >= 0.3 is 0 Å². The Hall–Kier alpha value is -3.20. The zero-order chi connectivity index (χ0) is 30.0. The summed E-state index contributed by atoms with van der Waals surface area (Å²) in [7, 11) is 0. The molecular formula is C33H48N6O3. The zero-order valence-corrected chi connectivity index (χ0v) is 26.0. The molecule has 1 spiro atoms. The summed E-state index contributed by atoms with van der Waals surface area (Å²) in [6.45, 7) is 14.0. The quantitative estimate of drug-likeness (QED) is 0.462. The molecule has 0 aliphatic carbocycles. The molecule has 2 N–H and O–H groups in total. The Morgan fingerprint density at radius 3 is 2.29 bits per heavy atom. The predicted octanol–water partition coefficient (Wildman–Crippen LogP) is 4.36. The van der Waals surface area contributed by atoms with Crippen LogP contribution in [0.2, 0.25) is 0 Å². The van der Waals surface area contributed by atoms with Crippen molar-refractivity contribution in [2.75, 3.05) is 32.7 Å². The highest BCUT2D eigenvalue weighted by molar-refractivity contribution is 6.00. The lowest BCUT2D eigenvalue weighted by molar-refractivity contribution is -0.162. The molecule has 3 fully saturated rings. The average molecular weight is 577 g/mol. The summed E-state index contributed by atoms with van der Waals surface area (Å²) < 4.78 is 0. The molecule has 0 bridgehead atoms. The van der Waals surface area contributed by atoms with Crippen LogP contribution in [0.25, 0.3) is 0 Å². The molecule has 0 saturated carbocycles. The first kappa shape index (κ1) is 30.3. The number of nitrogens with one attached hydrogen (secondary N) is 2. The largest absolute Gasteiger partial charge is 0.342 e. The second kappa shape index (κ2) is 12.6. The van der Waals surface area contributed by atoms with Crippen molar-refractivity contribution in [2.24, 2.45) is 5.92 Å². The lowest BCUT2D eigenvalue weighted by Crippen LogP contribution is -2.73. The van der Waals surface area contributed by atoms with Gasteiger partial charge in [0.25, 0.3) is 5.91 Å². The summed E-state index contributed by atoms with van der Waals surface area (Å²) in [5.74, 6) is 0.492. The fourth-order valence-corrected chi connectivity index (χ4v) is 7.23. The molecule has 1 aromatic carbocycles. The number of aromatic amines is 1. The monoisotopic (exact) mass is 576 g/mol. The van der Waals surface area contributed by atoms with Gasteiger partial charge in [0, 0.05) is 49.5 Å². The number of aryl methyl sites for hydroxylation is 2. The zero-order valence-electron chi connectivity index (χ0n) is 26.0. The Morgan fingerprint density at radius 2 is 1.71 bits per heavy atom. The van der Waals surface area contributed by atoms with Gasteiger partial charge in [0.15, 0.2) is 0 Å². The number of nitrogens with zero attached hydrogens (tertiary/aromatic N) is 4. The van der Waals surface area contributed by atoms with E-state index in [0.717, 1.165) is 66.9 Å². The second-order valence-electron chi connectivity index (χ2n) is 12.9. The van der Waals surface area contributed by atoms with Gasteiger partial charge in [-0.25, -0.2) is 0 Å². The van der Waals surface area contributed by atoms with Crippen molar-refractivity contribution in [3.05, 3.63) is 52.3 Å². The van der Waals surface area contributed by atoms with Crippen LogP contribution in [0, 0.1) is 19.8 Å². The van der Waals surface area contributed by atoms with E-state index in [1.807, 2.05) is 35.8 Å². The minimum absolute atomic E-state index is 0.000466. The molecule has 1 aromatic heterocycles. The van der Waals surface area contributed by atoms with E-state index >= 15 is 0 Å². The summed E-state index contributed by atoms with van der Waals surface area (Å²) in [4.78, 5) is 46.8. The normalized spacial score (nSPS) is 21.8. The third kappa shape index (κ3) is 5.72. The predicted molar refractivity (Wildman–Crippen MR) is 163 cm³/mol. The summed E-state index contributed by atoms with van der Waals surface area (Å²) in [5, 5.41) is 10.8. The summed E-state index contributed by atoms with van der Waals surface area (Å²) in [6.07, 6.45) is 5.82. The number of carbonyl (C=O) groups excluding carboxylic acids is 3. The van der Waals surface area contributed by atoms with Crippen LogP contribution in [-0.4, -0.2) is 86.9 Å². The summed E-state index contributed by atoms with van der Waals surface area (Å²) in [5.41, 5.74) is 4.10. The molecule has 2 atom stereocenters. The standard InChI is InChI=1S/C33H48N6O3/c1-6-7-18-39-31(41)27(21-22(2)3)34-32(42)33(39)14-19-37(20-15-33)29(28-23(4)35-36-24(28)5)25-10-12-26(13-11-25)30(40)38-16-8-9-17-38/h10-13,22,27,29H,6-9,14-21H2,1-5H3,(H,34,42)(H,35,36)/t27-,29?/m0/s1. The highest BCUT2D eigenvalue weighted by atomic mass is 16.2. The van der Waals surface area contributed by atoms with E-state index in [1.54, 1.807) is 0 Å². The number of aromatic nitrogens is 2. The number of hydrogen-bond donors (Lipinski definition) is 2. The van der Waals surface area contributed by atoms with Crippen LogP contribution in [0.3, 0.4) is 0 Å². The maximum atomic E-state index is 13.8. The smallest absolute Gasteiger partial charge is 0.253 e. The van der Waals surface area contributed by atoms with Crippen molar-refractivity contribution in [1.82, 2.24) is 30.2 Å². The molecule has 2 aromatic rings. The fraction of sp³-hybridized carbons (Fsp3) is 0.636. The first-order valence-electron chi connectivity index (χ1n) is 15.9. The van der Waals surface area contributed by atoms with Crippen molar-refractivity contribution in [3.63, 3.8) is 0 Å². The molecule has 3 aliphatic heterocycles. The molecule has 3 amide bonds. The van der Waals surface area contributed by atoms with Gasteiger partial charge in [-0.1, -0.05) is 39.3 Å². The van der Waals surface area contributed by atoms with Crippen LogP contribution in [0.1, 0.15) is 105 Å². The molecule has 3 aliphatic rings. The van der Waals surface area contributed by atoms with Crippen LogP contribution in [-0.2, 0) is 9.59 Å². The first-order chi connectivity index (χ1) is 20.2. The van der Waals surface area contributed by atoms with Crippen molar-refractivity contribution in [2.45, 2.75) is 97.2 Å². The van der Waals surface area contributed by atoms with Gasteiger partial charge in [0.2, 0.25) is 11.8 Å². The minimum Gasteiger partial charge on any atom is -0.342 e. The van der Waals surface area contributed by atoms with E-state index in [4.69, 9.17) is 0 Å². The van der Waals surface area contributed by atoms with E-state index in [2.05, 4.69) is 53.3 Å². The van der Waals surface area contributed by atoms with Crippen LogP contribution in [0.15, 0.2) is 24.3 Å². The summed E-state index contributed by atoms with van der Waals surface area (Å²) in [6, 6.07) is 7.54. The summed E-state index contributed by atoms with van der Waals surface area (Å²) >= 11 is 0. The van der Waals surface area contributed by atoms with Gasteiger partial charge in [-0.05, 0) is 76.0 Å². The Bertz CT molecular complexity index is 1250. The molecule has 1 unspecified atom stereocenters. The number of amides is 3. The molecule has 3 saturated heterocycles. The second-order valence-corrected chi connectivity index (χ2v) is 12.9. The van der Waals surface area contributed by atoms with E-state index in [9.17, 15) is 14.4 Å². The van der Waals surface area contributed by atoms with Crippen LogP contribution >= 0.6 is 0 Å². The molecule has 5 rings (SSSR count). The van der Waals surface area contributed by atoms with E-state index in [-0.39, 0.29) is 23.8 Å². The van der Waals surface area contributed by atoms with Gasteiger partial charge in [-0.15, -0.1) is 0 Å². The number of likely N-dealkylation sites (tertiary alicyclic amines) is 2. The molecule has 9 nitrogen and oxygen atoms in total. The third-order valence-corrected chi connectivity index (χ3v) is 9.57. The number of hydrogen-bond acceptors (Lipinski definition) is 5. The van der Waals surface area contributed by atoms with Crippen LogP contribution in [0.4, 0.5) is 0 Å². The minimum atomic E-state index is -0.812. The molecule has 9 heteroatoms. The number of benzene rings is 1. The van der Waals surface area contributed by atoms with Gasteiger partial charge in [0.05, 0.1) is 11.7 Å². The molecule has 4 heterocycles. The Labute approximate surface area is 250 Å². The van der Waals surface area contributed by atoms with E-state index in [0.29, 0.717) is 44.8 Å². The van der Waals surface area contributed by atoms with E-state index < -0.39 is 11.6 Å². The van der Waals surface area contributed by atoms with Crippen molar-refractivity contribution in [1.29, 1.82) is 0 Å². The molecule has 228 valence electrons. The van der Waals surface area contributed by atoms with Crippen molar-refractivity contribution >= 4 is 17.7 Å². The average Bonchev–Trinajstić information content (AvgIpc) is 3.63. The van der Waals surface area contributed by atoms with Crippen molar-refractivity contribution < 1.29 is 14.4 Å². The van der Waals surface area contributed by atoms with Crippen LogP contribution in [0.5, 0.6) is 0 Å². The fourth-order valence-electron chi connectivity index (χ4n) is 7.23. The Morgan fingerprint density at radius 1 is 1.05 bits per heavy atom. The first-order valence-corrected chi connectivity index (χ1v) is 15.9. The topological polar surface area (TPSA) is 102 Å². The molecular weight excluding hydrogens is 528 g/mol. The highest BCUT2D eigenvalue weighted by Crippen LogP contribution is 2.40. The number of piperidine rings is 1. The number of piperazine rings is 1. The number of H-pyrrole nitrogens is 1. The maximum absolute atomic E-state index is 13.8. The Balaban J connectivity index is 1.41. The van der Waals surface area contributed by atoms with Crippen molar-refractivity contribution in [3.8, 4) is 0 Å². The third-order valence-electron chi connectivity index (χ3n) is 9.57. The van der Waals surface area contributed by atoms with Gasteiger partial charge in [-0.3, -0.25) is 24.4 Å². The van der Waals surface area contributed by atoms with Gasteiger partial charge in [-0.2, -0.15) is 5.10 Å². The van der Waals surface area contributed by atoms with Crippen LogP contribution < -0.4 is 5.32 Å². The Kier molecular flexibility index (Phi) is 9.06. The number of rotatable bonds is 9. The van der Waals surface area contributed by atoms with Gasteiger partial charge < -0.3 is 15.1 Å². The maximum Gasteiger partial charge on any atom is 0.253 e. The van der Waals surface area contributed by atoms with E-state index in [1.165, 1.54) is 0 Å². The lowest BCUT2D eigenvalue weighted by Gasteiger charge is -2.52. The lowest BCUT2D eigenvalue weighted by atomic mass is 9.79. The SMILES string of the molecule is CCCCN1C(=O)[C@H](CC(C)C)NC(=O)C12CCN(C(c1ccc(C(=O)N3CCCC3)cc1)c1c(C)n[nH]c1C)CC2. The highest BCUT2D eigenvalue weighted by Gasteiger charge is 2.54. The van der Waals surface area contributed by atoms with Gasteiger partial charge in [0.1, 0.15) is 11.6 Å². The number of carbonyl (C=O) groups is 3. The molecule has 0 radical (unpaired) electrons.